The van der Waals surface area contributed by atoms with Crippen LogP contribution in [0.5, 0.6) is 0 Å². The molecule has 0 saturated carbocycles. The molecule has 1 N–H and O–H groups in total. The van der Waals surface area contributed by atoms with Gasteiger partial charge in [0.1, 0.15) is 11.8 Å². The quantitative estimate of drug-likeness (QED) is 0.818. The van der Waals surface area contributed by atoms with E-state index in [1.54, 1.807) is 19.4 Å². The van der Waals surface area contributed by atoms with Crippen molar-refractivity contribution >= 4 is 11.2 Å². The third-order valence-electron chi connectivity index (χ3n) is 2.40. The van der Waals surface area contributed by atoms with Gasteiger partial charge in [-0.15, -0.1) is 0 Å². The van der Waals surface area contributed by atoms with Crippen molar-refractivity contribution < 1.29 is 5.11 Å². The van der Waals surface area contributed by atoms with E-state index in [0.717, 1.165) is 11.2 Å². The van der Waals surface area contributed by atoms with Gasteiger partial charge in [0.25, 0.3) is 0 Å². The molecule has 0 aromatic carbocycles. The van der Waals surface area contributed by atoms with Crippen LogP contribution in [0, 0.1) is 0 Å². The Bertz CT molecular complexity index is 451. The Morgan fingerprint density at radius 3 is 2.93 bits per heavy atom. The van der Waals surface area contributed by atoms with Crippen LogP contribution in [0.1, 0.15) is 26.3 Å². The van der Waals surface area contributed by atoms with Gasteiger partial charge in [-0.05, 0) is 20.3 Å². The molecule has 0 fully saturated rings. The lowest BCUT2D eigenvalue weighted by Crippen LogP contribution is -2.11. The average molecular weight is 206 g/mol. The minimum atomic E-state index is -0.320. The third kappa shape index (κ3) is 1.97. The number of rotatable bonds is 3. The summed E-state index contributed by atoms with van der Waals surface area (Å²) >= 11 is 0. The van der Waals surface area contributed by atoms with Crippen LogP contribution in [-0.4, -0.2) is 30.7 Å². The molecule has 0 bridgehead atoms. The van der Waals surface area contributed by atoms with Crippen molar-refractivity contribution in [1.29, 1.82) is 0 Å². The predicted molar refractivity (Wildman–Crippen MR) is 56.3 cm³/mol. The largest absolute Gasteiger partial charge is 0.393 e. The van der Waals surface area contributed by atoms with E-state index in [1.165, 1.54) is 6.33 Å². The third-order valence-corrected chi connectivity index (χ3v) is 2.40. The second-order valence-electron chi connectivity index (χ2n) is 3.82. The molecule has 0 radical (unpaired) electrons. The van der Waals surface area contributed by atoms with E-state index in [0.29, 0.717) is 6.42 Å². The first-order valence-corrected chi connectivity index (χ1v) is 4.99. The maximum Gasteiger partial charge on any atom is 0.163 e. The molecule has 5 heteroatoms. The van der Waals surface area contributed by atoms with Gasteiger partial charge in [-0.3, -0.25) is 0 Å². The molecule has 5 nitrogen and oxygen atoms in total. The van der Waals surface area contributed by atoms with Crippen LogP contribution in [0.3, 0.4) is 0 Å². The fourth-order valence-electron chi connectivity index (χ4n) is 1.71. The van der Waals surface area contributed by atoms with E-state index >= 15 is 0 Å². The van der Waals surface area contributed by atoms with Crippen LogP contribution in [0.2, 0.25) is 0 Å². The van der Waals surface area contributed by atoms with Crippen molar-refractivity contribution in [3.8, 4) is 0 Å². The van der Waals surface area contributed by atoms with Gasteiger partial charge in [0.15, 0.2) is 5.65 Å². The fourth-order valence-corrected chi connectivity index (χ4v) is 1.71. The number of fused-ring (bicyclic) bond motifs is 1. The van der Waals surface area contributed by atoms with Crippen molar-refractivity contribution in [3.05, 3.63) is 18.9 Å². The minimum Gasteiger partial charge on any atom is -0.393 e. The van der Waals surface area contributed by atoms with Gasteiger partial charge in [0, 0.05) is 6.04 Å². The molecule has 0 aliphatic rings. The van der Waals surface area contributed by atoms with E-state index in [-0.39, 0.29) is 12.1 Å². The molecule has 80 valence electrons. The monoisotopic (exact) mass is 206 g/mol. The Hall–Kier alpha value is -1.49. The second-order valence-corrected chi connectivity index (χ2v) is 3.82. The molecule has 2 unspecified atom stereocenters. The lowest BCUT2D eigenvalue weighted by atomic mass is 10.1. The summed E-state index contributed by atoms with van der Waals surface area (Å²) < 4.78 is 1.96. The van der Waals surface area contributed by atoms with Gasteiger partial charge in [-0.2, -0.15) is 0 Å². The standard InChI is InChI=1S/C10H14N4O/c1-7(3-8(2)15)14-6-13-9-4-11-5-12-10(9)14/h4-8,15H,3H2,1-2H3. The summed E-state index contributed by atoms with van der Waals surface area (Å²) in [7, 11) is 0. The Morgan fingerprint density at radius 1 is 1.40 bits per heavy atom. The van der Waals surface area contributed by atoms with Gasteiger partial charge >= 0.3 is 0 Å². The van der Waals surface area contributed by atoms with Crippen molar-refractivity contribution in [1.82, 2.24) is 19.5 Å². The van der Waals surface area contributed by atoms with E-state index in [1.807, 2.05) is 11.5 Å². The summed E-state index contributed by atoms with van der Waals surface area (Å²) in [6, 6.07) is 0.185. The Morgan fingerprint density at radius 2 is 2.20 bits per heavy atom. The number of hydrogen-bond donors (Lipinski definition) is 1. The molecule has 0 amide bonds. The molecular weight excluding hydrogens is 192 g/mol. The van der Waals surface area contributed by atoms with Crippen LogP contribution >= 0.6 is 0 Å². The number of aromatic nitrogens is 4. The van der Waals surface area contributed by atoms with Gasteiger partial charge in [0.05, 0.1) is 18.6 Å². The summed E-state index contributed by atoms with van der Waals surface area (Å²) in [6.07, 6.45) is 5.31. The summed E-state index contributed by atoms with van der Waals surface area (Å²) in [5.74, 6) is 0. The first-order valence-electron chi connectivity index (χ1n) is 4.99. The van der Waals surface area contributed by atoms with Gasteiger partial charge < -0.3 is 9.67 Å². The molecule has 2 aromatic rings. The van der Waals surface area contributed by atoms with Crippen molar-refractivity contribution in [2.75, 3.05) is 0 Å². The highest BCUT2D eigenvalue weighted by atomic mass is 16.3. The molecule has 0 saturated heterocycles. The van der Waals surface area contributed by atoms with Gasteiger partial charge in [-0.25, -0.2) is 15.0 Å². The second kappa shape index (κ2) is 3.94. The molecule has 0 aliphatic carbocycles. The van der Waals surface area contributed by atoms with Crippen LogP contribution in [0.15, 0.2) is 18.9 Å². The first-order chi connectivity index (χ1) is 7.18. The molecular formula is C10H14N4O. The molecule has 2 heterocycles. The highest BCUT2D eigenvalue weighted by Gasteiger charge is 2.12. The van der Waals surface area contributed by atoms with Crippen molar-refractivity contribution in [3.63, 3.8) is 0 Å². The zero-order valence-electron chi connectivity index (χ0n) is 8.83. The van der Waals surface area contributed by atoms with E-state index in [2.05, 4.69) is 15.0 Å². The van der Waals surface area contributed by atoms with Crippen LogP contribution < -0.4 is 0 Å². The van der Waals surface area contributed by atoms with Crippen molar-refractivity contribution in [2.24, 2.45) is 0 Å². The number of aliphatic hydroxyl groups is 1. The Balaban J connectivity index is 2.35. The Kier molecular flexibility index (Phi) is 2.64. The number of nitrogens with zero attached hydrogens (tertiary/aromatic N) is 4. The number of hydrogen-bond acceptors (Lipinski definition) is 4. The fraction of sp³-hybridized carbons (Fsp3) is 0.500. The Labute approximate surface area is 87.8 Å². The predicted octanol–water partition coefficient (Wildman–Crippen LogP) is 1.16. The highest BCUT2D eigenvalue weighted by molar-refractivity contribution is 5.68. The molecule has 15 heavy (non-hydrogen) atoms. The van der Waals surface area contributed by atoms with Gasteiger partial charge in [-0.1, -0.05) is 0 Å². The topological polar surface area (TPSA) is 63.8 Å². The summed E-state index contributed by atoms with van der Waals surface area (Å²) in [5, 5.41) is 9.33. The normalized spacial score (nSPS) is 15.4. The van der Waals surface area contributed by atoms with E-state index < -0.39 is 0 Å². The zero-order valence-corrected chi connectivity index (χ0v) is 8.83. The molecule has 2 rings (SSSR count). The molecule has 2 aromatic heterocycles. The van der Waals surface area contributed by atoms with E-state index in [9.17, 15) is 5.11 Å². The summed E-state index contributed by atoms with van der Waals surface area (Å²) in [5.41, 5.74) is 1.60. The lowest BCUT2D eigenvalue weighted by molar-refractivity contribution is 0.166. The first kappa shape index (κ1) is 10.0. The zero-order chi connectivity index (χ0) is 10.8. The van der Waals surface area contributed by atoms with Gasteiger partial charge in [0.2, 0.25) is 0 Å². The summed E-state index contributed by atoms with van der Waals surface area (Å²) in [6.45, 7) is 3.82. The number of aliphatic hydroxyl groups excluding tert-OH is 1. The average Bonchev–Trinajstić information content (AvgIpc) is 2.59. The maximum absolute atomic E-state index is 9.33. The smallest absolute Gasteiger partial charge is 0.163 e. The lowest BCUT2D eigenvalue weighted by Gasteiger charge is -2.15. The SMILES string of the molecule is CC(O)CC(C)n1cnc2cncnc21. The minimum absolute atomic E-state index is 0.185. The van der Waals surface area contributed by atoms with Crippen LogP contribution in [-0.2, 0) is 0 Å². The van der Waals surface area contributed by atoms with Crippen LogP contribution in [0.25, 0.3) is 11.2 Å². The summed E-state index contributed by atoms with van der Waals surface area (Å²) in [4.78, 5) is 12.3. The number of imidazole rings is 1. The van der Waals surface area contributed by atoms with Crippen LogP contribution in [0.4, 0.5) is 0 Å². The molecule has 0 spiro atoms. The molecule has 0 aliphatic heterocycles. The highest BCUT2D eigenvalue weighted by Crippen LogP contribution is 2.18. The van der Waals surface area contributed by atoms with E-state index in [4.69, 9.17) is 0 Å². The maximum atomic E-state index is 9.33. The molecule has 2 atom stereocenters. The van der Waals surface area contributed by atoms with Crippen molar-refractivity contribution in [2.45, 2.75) is 32.4 Å².